The lowest BCUT2D eigenvalue weighted by Gasteiger charge is -2.17. The molecule has 5 nitrogen and oxygen atoms in total. The Morgan fingerprint density at radius 1 is 0.963 bits per heavy atom. The Morgan fingerprint density at radius 3 is 2.26 bits per heavy atom. The molecular formula is C22H27NO4. The molecule has 1 N–H and O–H groups in total. The van der Waals surface area contributed by atoms with E-state index >= 15 is 0 Å². The Hall–Kier alpha value is -2.82. The summed E-state index contributed by atoms with van der Waals surface area (Å²) in [6.07, 6.45) is 2.12. The van der Waals surface area contributed by atoms with Crippen molar-refractivity contribution >= 4 is 11.9 Å². The number of rotatable bonds is 10. The lowest BCUT2D eigenvalue weighted by Crippen LogP contribution is -2.42. The van der Waals surface area contributed by atoms with E-state index in [1.165, 1.54) is 0 Å². The van der Waals surface area contributed by atoms with Gasteiger partial charge in [0.15, 0.2) is 0 Å². The molecule has 0 heterocycles. The van der Waals surface area contributed by atoms with E-state index in [1.807, 2.05) is 54.6 Å². The average molecular weight is 369 g/mol. The fourth-order valence-electron chi connectivity index (χ4n) is 2.76. The molecule has 0 aliphatic rings. The molecule has 0 aliphatic carbocycles. The molecule has 2 aromatic rings. The van der Waals surface area contributed by atoms with Crippen LogP contribution < -0.4 is 10.1 Å². The summed E-state index contributed by atoms with van der Waals surface area (Å²) in [6.45, 7) is 2.06. The first kappa shape index (κ1) is 20.5. The molecule has 0 fully saturated rings. The quantitative estimate of drug-likeness (QED) is 0.653. The normalized spacial score (nSPS) is 11.5. The van der Waals surface area contributed by atoms with Gasteiger partial charge in [-0.3, -0.25) is 4.79 Å². The van der Waals surface area contributed by atoms with Crippen LogP contribution in [-0.4, -0.2) is 31.6 Å². The van der Waals surface area contributed by atoms with Crippen molar-refractivity contribution in [1.29, 1.82) is 0 Å². The number of aryl methyl sites for hydroxylation is 2. The second kappa shape index (κ2) is 11.0. The van der Waals surface area contributed by atoms with E-state index in [2.05, 4.69) is 5.32 Å². The van der Waals surface area contributed by atoms with Crippen LogP contribution in [0.2, 0.25) is 0 Å². The van der Waals surface area contributed by atoms with Gasteiger partial charge >= 0.3 is 5.97 Å². The van der Waals surface area contributed by atoms with E-state index in [0.717, 1.165) is 16.9 Å². The van der Waals surface area contributed by atoms with Crippen LogP contribution in [0.3, 0.4) is 0 Å². The largest absolute Gasteiger partial charge is 0.497 e. The van der Waals surface area contributed by atoms with Crippen molar-refractivity contribution in [3.05, 3.63) is 65.7 Å². The monoisotopic (exact) mass is 369 g/mol. The SMILES string of the molecule is CCOC(=O)C(CCc1ccccc1)NC(=O)CCc1ccc(OC)cc1. The van der Waals surface area contributed by atoms with Crippen LogP contribution in [0.4, 0.5) is 0 Å². The molecule has 1 amide bonds. The van der Waals surface area contributed by atoms with Gasteiger partial charge in [0, 0.05) is 6.42 Å². The Kier molecular flexibility index (Phi) is 8.36. The second-order valence-electron chi connectivity index (χ2n) is 6.24. The summed E-state index contributed by atoms with van der Waals surface area (Å²) in [5, 5.41) is 2.83. The number of nitrogens with one attached hydrogen (secondary N) is 1. The minimum Gasteiger partial charge on any atom is -0.497 e. The van der Waals surface area contributed by atoms with Gasteiger partial charge in [0.05, 0.1) is 13.7 Å². The fraction of sp³-hybridized carbons (Fsp3) is 0.364. The molecule has 0 radical (unpaired) electrons. The van der Waals surface area contributed by atoms with Crippen molar-refractivity contribution in [3.8, 4) is 5.75 Å². The lowest BCUT2D eigenvalue weighted by atomic mass is 10.0. The minimum absolute atomic E-state index is 0.156. The predicted octanol–water partition coefficient (Wildman–Crippen LogP) is 3.31. The fourth-order valence-corrected chi connectivity index (χ4v) is 2.76. The van der Waals surface area contributed by atoms with Gasteiger partial charge < -0.3 is 14.8 Å². The van der Waals surface area contributed by atoms with E-state index < -0.39 is 6.04 Å². The Morgan fingerprint density at radius 2 is 1.63 bits per heavy atom. The van der Waals surface area contributed by atoms with Crippen molar-refractivity contribution < 1.29 is 19.1 Å². The summed E-state index contributed by atoms with van der Waals surface area (Å²) in [5.74, 6) is 0.245. The topological polar surface area (TPSA) is 64.6 Å². The molecule has 2 rings (SSSR count). The third-order valence-electron chi connectivity index (χ3n) is 4.27. The Balaban J connectivity index is 1.88. The zero-order valence-electron chi connectivity index (χ0n) is 15.9. The van der Waals surface area contributed by atoms with Crippen molar-refractivity contribution in [2.45, 2.75) is 38.6 Å². The maximum atomic E-state index is 12.3. The summed E-state index contributed by atoms with van der Waals surface area (Å²) in [7, 11) is 1.62. The van der Waals surface area contributed by atoms with Gasteiger partial charge in [-0.2, -0.15) is 0 Å². The highest BCUT2D eigenvalue weighted by atomic mass is 16.5. The van der Waals surface area contributed by atoms with Crippen molar-refractivity contribution in [2.75, 3.05) is 13.7 Å². The number of methoxy groups -OCH3 is 1. The van der Waals surface area contributed by atoms with Gasteiger partial charge in [-0.1, -0.05) is 42.5 Å². The molecular weight excluding hydrogens is 342 g/mol. The summed E-state index contributed by atoms with van der Waals surface area (Å²) < 4.78 is 10.2. The van der Waals surface area contributed by atoms with Crippen LogP contribution in [0, 0.1) is 0 Å². The highest BCUT2D eigenvalue weighted by Crippen LogP contribution is 2.13. The minimum atomic E-state index is -0.631. The number of ether oxygens (including phenoxy) is 2. The molecule has 0 bridgehead atoms. The molecule has 1 unspecified atom stereocenters. The zero-order chi connectivity index (χ0) is 19.5. The first-order valence-corrected chi connectivity index (χ1v) is 9.25. The first-order valence-electron chi connectivity index (χ1n) is 9.25. The van der Waals surface area contributed by atoms with Gasteiger partial charge in [0.2, 0.25) is 5.91 Å². The summed E-state index contributed by atoms with van der Waals surface area (Å²) >= 11 is 0. The van der Waals surface area contributed by atoms with Gasteiger partial charge in [0.1, 0.15) is 11.8 Å². The molecule has 0 spiro atoms. The zero-order valence-corrected chi connectivity index (χ0v) is 15.9. The van der Waals surface area contributed by atoms with Gasteiger partial charge in [-0.25, -0.2) is 4.79 Å². The van der Waals surface area contributed by atoms with E-state index in [-0.39, 0.29) is 11.9 Å². The summed E-state index contributed by atoms with van der Waals surface area (Å²) in [5.41, 5.74) is 2.17. The van der Waals surface area contributed by atoms with E-state index in [9.17, 15) is 9.59 Å². The molecule has 1 atom stereocenters. The van der Waals surface area contributed by atoms with Crippen molar-refractivity contribution in [2.24, 2.45) is 0 Å². The van der Waals surface area contributed by atoms with E-state index in [4.69, 9.17) is 9.47 Å². The maximum Gasteiger partial charge on any atom is 0.328 e. The number of hydrogen-bond donors (Lipinski definition) is 1. The number of carbonyl (C=O) groups excluding carboxylic acids is 2. The molecule has 0 saturated heterocycles. The van der Waals surface area contributed by atoms with Crippen molar-refractivity contribution in [1.82, 2.24) is 5.32 Å². The Bertz CT molecular complexity index is 713. The van der Waals surface area contributed by atoms with E-state index in [0.29, 0.717) is 32.3 Å². The number of amides is 1. The number of carbonyl (C=O) groups is 2. The lowest BCUT2D eigenvalue weighted by molar-refractivity contribution is -0.147. The molecule has 5 heteroatoms. The van der Waals surface area contributed by atoms with Gasteiger partial charge in [0.25, 0.3) is 0 Å². The molecule has 27 heavy (non-hydrogen) atoms. The number of benzene rings is 2. The van der Waals surface area contributed by atoms with Crippen LogP contribution in [0.5, 0.6) is 5.75 Å². The predicted molar refractivity (Wildman–Crippen MR) is 105 cm³/mol. The van der Waals surface area contributed by atoms with Crippen LogP contribution in [0.1, 0.15) is 30.9 Å². The molecule has 144 valence electrons. The highest BCUT2D eigenvalue weighted by molar-refractivity contribution is 5.84. The molecule has 0 aromatic heterocycles. The average Bonchev–Trinajstić information content (AvgIpc) is 2.70. The van der Waals surface area contributed by atoms with Gasteiger partial charge in [-0.15, -0.1) is 0 Å². The van der Waals surface area contributed by atoms with E-state index in [1.54, 1.807) is 14.0 Å². The first-order chi connectivity index (χ1) is 13.1. The molecule has 0 saturated carbocycles. The third-order valence-corrected chi connectivity index (χ3v) is 4.27. The number of hydrogen-bond acceptors (Lipinski definition) is 4. The van der Waals surface area contributed by atoms with Crippen LogP contribution in [0.15, 0.2) is 54.6 Å². The van der Waals surface area contributed by atoms with Crippen LogP contribution in [0.25, 0.3) is 0 Å². The van der Waals surface area contributed by atoms with Crippen LogP contribution in [-0.2, 0) is 27.2 Å². The van der Waals surface area contributed by atoms with Crippen LogP contribution >= 0.6 is 0 Å². The maximum absolute atomic E-state index is 12.3. The molecule has 0 aliphatic heterocycles. The third kappa shape index (κ3) is 7.13. The molecule has 2 aromatic carbocycles. The van der Waals surface area contributed by atoms with Gasteiger partial charge in [-0.05, 0) is 49.4 Å². The Labute approximate surface area is 160 Å². The standard InChI is InChI=1S/C22H27NO4/c1-3-27-22(25)20(15-11-17-7-5-4-6-8-17)23-21(24)16-12-18-9-13-19(26-2)14-10-18/h4-10,13-14,20H,3,11-12,15-16H2,1-2H3,(H,23,24). The second-order valence-corrected chi connectivity index (χ2v) is 6.24. The summed E-state index contributed by atoms with van der Waals surface area (Å²) in [4.78, 5) is 24.5. The van der Waals surface area contributed by atoms with Crippen molar-refractivity contribution in [3.63, 3.8) is 0 Å². The highest BCUT2D eigenvalue weighted by Gasteiger charge is 2.21. The number of esters is 1. The summed E-state index contributed by atoms with van der Waals surface area (Å²) in [6, 6.07) is 16.9. The smallest absolute Gasteiger partial charge is 0.328 e.